The first-order chi connectivity index (χ1) is 12.9. The second-order valence-electron chi connectivity index (χ2n) is 6.07. The first kappa shape index (κ1) is 20.3. The van der Waals surface area contributed by atoms with Crippen LogP contribution in [0.2, 0.25) is 0 Å². The van der Waals surface area contributed by atoms with E-state index >= 15 is 0 Å². The lowest BCUT2D eigenvalue weighted by Crippen LogP contribution is -2.31. The van der Waals surface area contributed by atoms with Crippen molar-refractivity contribution in [3.8, 4) is 11.5 Å². The Hall–Kier alpha value is -3.02. The Bertz CT molecular complexity index is 786. The summed E-state index contributed by atoms with van der Waals surface area (Å²) in [7, 11) is 0. The quantitative estimate of drug-likeness (QED) is 0.717. The minimum Gasteiger partial charge on any atom is -0.494 e. The number of hydrogen-bond acceptors (Lipinski definition) is 5. The summed E-state index contributed by atoms with van der Waals surface area (Å²) in [6, 6.07) is 12.6. The van der Waals surface area contributed by atoms with Crippen LogP contribution in [-0.2, 0) is 14.3 Å². The molecular weight excluding hydrogens is 346 g/mol. The first-order valence-corrected chi connectivity index (χ1v) is 8.83. The lowest BCUT2D eigenvalue weighted by Gasteiger charge is -2.15. The summed E-state index contributed by atoms with van der Waals surface area (Å²) in [6.45, 7) is 7.61. The molecule has 1 amide bonds. The van der Waals surface area contributed by atoms with Gasteiger partial charge in [-0.25, -0.2) is 4.79 Å². The average Bonchev–Trinajstić information content (AvgIpc) is 2.64. The van der Waals surface area contributed by atoms with Gasteiger partial charge in [0.15, 0.2) is 12.7 Å². The van der Waals surface area contributed by atoms with E-state index in [9.17, 15) is 9.59 Å². The van der Waals surface area contributed by atoms with Crippen molar-refractivity contribution in [2.45, 2.75) is 33.8 Å². The lowest BCUT2D eigenvalue weighted by molar-refractivity contribution is -0.155. The predicted molar refractivity (Wildman–Crippen MR) is 103 cm³/mol. The molecule has 1 atom stereocenters. The maximum Gasteiger partial charge on any atom is 0.344 e. The Morgan fingerprint density at radius 2 is 1.74 bits per heavy atom. The van der Waals surface area contributed by atoms with Crippen LogP contribution < -0.4 is 14.8 Å². The summed E-state index contributed by atoms with van der Waals surface area (Å²) in [5.41, 5.74) is 2.63. The van der Waals surface area contributed by atoms with E-state index in [4.69, 9.17) is 14.2 Å². The second kappa shape index (κ2) is 9.62. The average molecular weight is 371 g/mol. The molecule has 27 heavy (non-hydrogen) atoms. The number of hydrogen-bond donors (Lipinski definition) is 1. The van der Waals surface area contributed by atoms with Crippen molar-refractivity contribution < 1.29 is 23.8 Å². The van der Waals surface area contributed by atoms with Crippen molar-refractivity contribution in [1.29, 1.82) is 0 Å². The van der Waals surface area contributed by atoms with Crippen LogP contribution in [0.5, 0.6) is 11.5 Å². The van der Waals surface area contributed by atoms with E-state index in [2.05, 4.69) is 5.32 Å². The molecular formula is C21H25NO5. The largest absolute Gasteiger partial charge is 0.494 e. The zero-order valence-electron chi connectivity index (χ0n) is 16.1. The van der Waals surface area contributed by atoms with Crippen LogP contribution in [0.25, 0.3) is 0 Å². The van der Waals surface area contributed by atoms with Gasteiger partial charge in [-0.1, -0.05) is 12.1 Å². The van der Waals surface area contributed by atoms with Crippen LogP contribution in [-0.4, -0.2) is 31.2 Å². The Kier molecular flexibility index (Phi) is 7.23. The summed E-state index contributed by atoms with van der Waals surface area (Å²) in [6.07, 6.45) is -0.939. The highest BCUT2D eigenvalue weighted by Gasteiger charge is 2.18. The van der Waals surface area contributed by atoms with E-state index in [0.29, 0.717) is 18.0 Å². The molecule has 0 fully saturated rings. The Labute approximate surface area is 159 Å². The molecule has 0 aliphatic carbocycles. The molecule has 0 aromatic heterocycles. The van der Waals surface area contributed by atoms with Crippen LogP contribution in [0.4, 0.5) is 5.69 Å². The molecule has 0 unspecified atom stereocenters. The molecule has 0 spiro atoms. The summed E-state index contributed by atoms with van der Waals surface area (Å²) in [5, 5.41) is 2.69. The van der Waals surface area contributed by atoms with E-state index in [1.807, 2.05) is 32.9 Å². The number of amides is 1. The van der Waals surface area contributed by atoms with E-state index in [1.165, 1.54) is 6.92 Å². The molecule has 0 heterocycles. The van der Waals surface area contributed by atoms with E-state index < -0.39 is 18.0 Å². The SMILES string of the molecule is CCOc1ccc(NC(=O)[C@H](C)OC(=O)COc2cccc(C)c2C)cc1. The van der Waals surface area contributed by atoms with Crippen molar-refractivity contribution in [3.05, 3.63) is 53.6 Å². The fourth-order valence-corrected chi connectivity index (χ4v) is 2.35. The third kappa shape index (κ3) is 6.02. The fraction of sp³-hybridized carbons (Fsp3) is 0.333. The molecule has 144 valence electrons. The molecule has 6 nitrogen and oxygen atoms in total. The van der Waals surface area contributed by atoms with Gasteiger partial charge in [0.05, 0.1) is 6.61 Å². The number of anilines is 1. The molecule has 0 bridgehead atoms. The molecule has 0 radical (unpaired) electrons. The molecule has 0 saturated heterocycles. The van der Waals surface area contributed by atoms with Crippen molar-refractivity contribution in [2.24, 2.45) is 0 Å². The smallest absolute Gasteiger partial charge is 0.344 e. The van der Waals surface area contributed by atoms with Crippen LogP contribution in [0.15, 0.2) is 42.5 Å². The number of carbonyl (C=O) groups is 2. The molecule has 6 heteroatoms. The van der Waals surface area contributed by atoms with Gasteiger partial charge in [0.1, 0.15) is 11.5 Å². The number of benzene rings is 2. The zero-order chi connectivity index (χ0) is 19.8. The summed E-state index contributed by atoms with van der Waals surface area (Å²) in [4.78, 5) is 24.1. The molecule has 2 aromatic rings. The highest BCUT2D eigenvalue weighted by molar-refractivity contribution is 5.95. The highest BCUT2D eigenvalue weighted by atomic mass is 16.6. The third-order valence-electron chi connectivity index (χ3n) is 4.01. The van der Waals surface area contributed by atoms with Crippen LogP contribution in [0.3, 0.4) is 0 Å². The molecule has 1 N–H and O–H groups in total. The van der Waals surface area contributed by atoms with Crippen molar-refractivity contribution >= 4 is 17.6 Å². The van der Waals surface area contributed by atoms with Crippen molar-refractivity contribution in [2.75, 3.05) is 18.5 Å². The normalized spacial score (nSPS) is 11.4. The maximum atomic E-state index is 12.2. The van der Waals surface area contributed by atoms with Gasteiger partial charge in [0, 0.05) is 5.69 Å². The monoisotopic (exact) mass is 371 g/mol. The van der Waals surface area contributed by atoms with Gasteiger partial charge in [-0.2, -0.15) is 0 Å². The number of rotatable bonds is 8. The highest BCUT2D eigenvalue weighted by Crippen LogP contribution is 2.20. The van der Waals surface area contributed by atoms with E-state index in [0.717, 1.165) is 16.9 Å². The van der Waals surface area contributed by atoms with Gasteiger partial charge in [0.25, 0.3) is 5.91 Å². The zero-order valence-corrected chi connectivity index (χ0v) is 16.1. The Morgan fingerprint density at radius 3 is 2.41 bits per heavy atom. The number of carbonyl (C=O) groups excluding carboxylic acids is 2. The molecule has 0 aliphatic heterocycles. The fourth-order valence-electron chi connectivity index (χ4n) is 2.35. The number of ether oxygens (including phenoxy) is 3. The van der Waals surface area contributed by atoms with Crippen LogP contribution in [0, 0.1) is 13.8 Å². The number of aryl methyl sites for hydroxylation is 1. The molecule has 0 aliphatic rings. The van der Waals surface area contributed by atoms with E-state index in [-0.39, 0.29) is 6.61 Å². The lowest BCUT2D eigenvalue weighted by atomic mass is 10.1. The van der Waals surface area contributed by atoms with Gasteiger partial charge in [-0.05, 0) is 69.2 Å². The Balaban J connectivity index is 1.82. The van der Waals surface area contributed by atoms with Gasteiger partial charge < -0.3 is 19.5 Å². The van der Waals surface area contributed by atoms with E-state index in [1.54, 1.807) is 30.3 Å². The van der Waals surface area contributed by atoms with Gasteiger partial charge in [-0.3, -0.25) is 4.79 Å². The summed E-state index contributed by atoms with van der Waals surface area (Å²) < 4.78 is 16.0. The summed E-state index contributed by atoms with van der Waals surface area (Å²) >= 11 is 0. The standard InChI is InChI=1S/C21H25NO5/c1-5-25-18-11-9-17(10-12-18)22-21(24)16(4)27-20(23)13-26-19-8-6-7-14(2)15(19)3/h6-12,16H,5,13H2,1-4H3,(H,22,24)/t16-/m0/s1. The molecule has 0 saturated carbocycles. The van der Waals surface area contributed by atoms with Gasteiger partial charge >= 0.3 is 5.97 Å². The minimum absolute atomic E-state index is 0.259. The third-order valence-corrected chi connectivity index (χ3v) is 4.01. The number of nitrogens with one attached hydrogen (secondary N) is 1. The first-order valence-electron chi connectivity index (χ1n) is 8.83. The molecule has 2 aromatic carbocycles. The topological polar surface area (TPSA) is 73.9 Å². The summed E-state index contributed by atoms with van der Waals surface area (Å²) in [5.74, 6) is 0.321. The van der Waals surface area contributed by atoms with Gasteiger partial charge in [-0.15, -0.1) is 0 Å². The van der Waals surface area contributed by atoms with Crippen molar-refractivity contribution in [1.82, 2.24) is 0 Å². The predicted octanol–water partition coefficient (Wildman–Crippen LogP) is 3.65. The van der Waals surface area contributed by atoms with Crippen LogP contribution >= 0.6 is 0 Å². The van der Waals surface area contributed by atoms with Crippen LogP contribution in [0.1, 0.15) is 25.0 Å². The molecule has 2 rings (SSSR count). The van der Waals surface area contributed by atoms with Crippen molar-refractivity contribution in [3.63, 3.8) is 0 Å². The number of esters is 1. The maximum absolute atomic E-state index is 12.2. The second-order valence-corrected chi connectivity index (χ2v) is 6.07. The Morgan fingerprint density at radius 1 is 1.04 bits per heavy atom. The van der Waals surface area contributed by atoms with Gasteiger partial charge in [0.2, 0.25) is 0 Å². The minimum atomic E-state index is -0.939.